The maximum absolute atomic E-state index is 11.4. The molecule has 1 rings (SSSR count). The van der Waals surface area contributed by atoms with Crippen LogP contribution in [0.4, 0.5) is 0 Å². The van der Waals surface area contributed by atoms with Gasteiger partial charge in [-0.15, -0.1) is 0 Å². The van der Waals surface area contributed by atoms with E-state index in [-0.39, 0.29) is 24.4 Å². The highest BCUT2D eigenvalue weighted by molar-refractivity contribution is 5.74. The Kier molecular flexibility index (Phi) is 4.34. The largest absolute Gasteiger partial charge is 0.481 e. The first-order valence-corrected chi connectivity index (χ1v) is 5.15. The minimum absolute atomic E-state index is 0.124. The number of aliphatic carboxylic acids is 1. The molecule has 1 saturated carbocycles. The molecule has 4 nitrogen and oxygen atoms in total. The van der Waals surface area contributed by atoms with Gasteiger partial charge in [0.2, 0.25) is 0 Å². The minimum atomic E-state index is -0.757. The molecule has 0 heterocycles. The summed E-state index contributed by atoms with van der Waals surface area (Å²) in [6.45, 7) is 3.69. The fraction of sp³-hybridized carbons (Fsp3) is 0.636. The second-order valence-electron chi connectivity index (χ2n) is 3.81. The Morgan fingerprint density at radius 2 is 1.80 bits per heavy atom. The molecule has 0 bridgehead atoms. The van der Waals surface area contributed by atoms with Crippen LogP contribution in [0.3, 0.4) is 0 Å². The SMILES string of the molecule is C=CCOC(=O)C1CCC(C(=O)O)CC1. The van der Waals surface area contributed by atoms with Crippen LogP contribution in [0.25, 0.3) is 0 Å². The molecule has 0 amide bonds. The molecule has 1 fully saturated rings. The molecular formula is C11H16O4. The van der Waals surface area contributed by atoms with E-state index in [0.29, 0.717) is 25.7 Å². The molecule has 1 N–H and O–H groups in total. The number of rotatable bonds is 4. The van der Waals surface area contributed by atoms with Crippen LogP contribution in [0.5, 0.6) is 0 Å². The van der Waals surface area contributed by atoms with Gasteiger partial charge < -0.3 is 9.84 Å². The molecule has 0 aromatic heterocycles. The van der Waals surface area contributed by atoms with Gasteiger partial charge in [-0.25, -0.2) is 0 Å². The number of carbonyl (C=O) groups excluding carboxylic acids is 1. The third kappa shape index (κ3) is 3.38. The average Bonchev–Trinajstić information content (AvgIpc) is 2.26. The summed E-state index contributed by atoms with van der Waals surface area (Å²) in [6, 6.07) is 0. The van der Waals surface area contributed by atoms with Crippen LogP contribution in [0.2, 0.25) is 0 Å². The zero-order valence-electron chi connectivity index (χ0n) is 8.65. The first kappa shape index (κ1) is 11.8. The quantitative estimate of drug-likeness (QED) is 0.568. The molecule has 0 aromatic rings. The summed E-state index contributed by atoms with van der Waals surface area (Å²) >= 11 is 0. The Balaban J connectivity index is 2.33. The monoisotopic (exact) mass is 212 g/mol. The van der Waals surface area contributed by atoms with E-state index in [1.165, 1.54) is 6.08 Å². The summed E-state index contributed by atoms with van der Waals surface area (Å²) in [5, 5.41) is 8.78. The van der Waals surface area contributed by atoms with Gasteiger partial charge in [-0.05, 0) is 25.7 Å². The standard InChI is InChI=1S/C11H16O4/c1-2-7-15-11(14)9-5-3-8(4-6-9)10(12)13/h2,8-9H,1,3-7H2,(H,12,13). The van der Waals surface area contributed by atoms with Crippen LogP contribution >= 0.6 is 0 Å². The fourth-order valence-corrected chi connectivity index (χ4v) is 1.83. The number of hydrogen-bond donors (Lipinski definition) is 1. The Labute approximate surface area is 88.9 Å². The number of esters is 1. The normalized spacial score (nSPS) is 25.6. The van der Waals surface area contributed by atoms with Crippen molar-refractivity contribution < 1.29 is 19.4 Å². The molecule has 4 heteroatoms. The van der Waals surface area contributed by atoms with Crippen LogP contribution in [-0.4, -0.2) is 23.7 Å². The van der Waals surface area contributed by atoms with Gasteiger partial charge in [0.25, 0.3) is 0 Å². The molecule has 1 aliphatic rings. The maximum atomic E-state index is 11.4. The van der Waals surface area contributed by atoms with E-state index in [9.17, 15) is 9.59 Å². The zero-order valence-corrected chi connectivity index (χ0v) is 8.65. The highest BCUT2D eigenvalue weighted by Crippen LogP contribution is 2.29. The lowest BCUT2D eigenvalue weighted by Crippen LogP contribution is -2.27. The number of hydrogen-bond acceptors (Lipinski definition) is 3. The Morgan fingerprint density at radius 1 is 1.27 bits per heavy atom. The van der Waals surface area contributed by atoms with E-state index in [1.54, 1.807) is 0 Å². The van der Waals surface area contributed by atoms with Crippen molar-refractivity contribution in [2.24, 2.45) is 11.8 Å². The summed E-state index contributed by atoms with van der Waals surface area (Å²) in [4.78, 5) is 22.1. The molecule has 0 aliphatic heterocycles. The van der Waals surface area contributed by atoms with E-state index in [0.717, 1.165) is 0 Å². The van der Waals surface area contributed by atoms with E-state index in [4.69, 9.17) is 9.84 Å². The van der Waals surface area contributed by atoms with Gasteiger partial charge in [0.1, 0.15) is 6.61 Å². The third-order valence-corrected chi connectivity index (χ3v) is 2.75. The van der Waals surface area contributed by atoms with Crippen molar-refractivity contribution in [3.8, 4) is 0 Å². The summed E-state index contributed by atoms with van der Waals surface area (Å²) in [5.41, 5.74) is 0. The first-order valence-electron chi connectivity index (χ1n) is 5.15. The Bertz CT molecular complexity index is 251. The number of carboxylic acid groups (broad SMARTS) is 1. The van der Waals surface area contributed by atoms with Crippen LogP contribution in [0.15, 0.2) is 12.7 Å². The van der Waals surface area contributed by atoms with Gasteiger partial charge in [0.05, 0.1) is 11.8 Å². The smallest absolute Gasteiger partial charge is 0.309 e. The molecule has 0 saturated heterocycles. The van der Waals surface area contributed by atoms with Crippen molar-refractivity contribution in [2.75, 3.05) is 6.61 Å². The number of carboxylic acids is 1. The zero-order chi connectivity index (χ0) is 11.3. The Morgan fingerprint density at radius 3 is 2.27 bits per heavy atom. The van der Waals surface area contributed by atoms with Crippen LogP contribution < -0.4 is 0 Å². The second-order valence-corrected chi connectivity index (χ2v) is 3.81. The molecular weight excluding hydrogens is 196 g/mol. The summed E-state index contributed by atoms with van der Waals surface area (Å²) in [5.74, 6) is -1.39. The highest BCUT2D eigenvalue weighted by atomic mass is 16.5. The van der Waals surface area contributed by atoms with Crippen molar-refractivity contribution >= 4 is 11.9 Å². The van der Waals surface area contributed by atoms with Gasteiger partial charge >= 0.3 is 11.9 Å². The number of carbonyl (C=O) groups is 2. The summed E-state index contributed by atoms with van der Waals surface area (Å²) < 4.78 is 4.92. The predicted octanol–water partition coefficient (Wildman–Crippen LogP) is 1.61. The van der Waals surface area contributed by atoms with Crippen molar-refractivity contribution in [1.29, 1.82) is 0 Å². The average molecular weight is 212 g/mol. The molecule has 0 radical (unpaired) electrons. The second kappa shape index (κ2) is 5.53. The minimum Gasteiger partial charge on any atom is -0.481 e. The first-order chi connectivity index (χ1) is 7.15. The van der Waals surface area contributed by atoms with Crippen molar-refractivity contribution in [3.63, 3.8) is 0 Å². The van der Waals surface area contributed by atoms with E-state index >= 15 is 0 Å². The van der Waals surface area contributed by atoms with E-state index in [1.807, 2.05) is 0 Å². The third-order valence-electron chi connectivity index (χ3n) is 2.75. The van der Waals surface area contributed by atoms with Crippen molar-refractivity contribution in [3.05, 3.63) is 12.7 Å². The molecule has 0 spiro atoms. The highest BCUT2D eigenvalue weighted by Gasteiger charge is 2.30. The van der Waals surface area contributed by atoms with E-state index < -0.39 is 5.97 Å². The fourth-order valence-electron chi connectivity index (χ4n) is 1.83. The molecule has 84 valence electrons. The van der Waals surface area contributed by atoms with Gasteiger partial charge in [-0.2, -0.15) is 0 Å². The molecule has 15 heavy (non-hydrogen) atoms. The molecule has 0 aromatic carbocycles. The van der Waals surface area contributed by atoms with Crippen LogP contribution in [0, 0.1) is 11.8 Å². The Hall–Kier alpha value is -1.32. The molecule has 0 atom stereocenters. The van der Waals surface area contributed by atoms with Crippen LogP contribution in [0.1, 0.15) is 25.7 Å². The van der Waals surface area contributed by atoms with Crippen molar-refractivity contribution in [2.45, 2.75) is 25.7 Å². The van der Waals surface area contributed by atoms with Crippen LogP contribution in [-0.2, 0) is 14.3 Å². The lowest BCUT2D eigenvalue weighted by molar-refractivity contribution is -0.151. The topological polar surface area (TPSA) is 63.6 Å². The summed E-state index contributed by atoms with van der Waals surface area (Å²) in [6.07, 6.45) is 3.91. The van der Waals surface area contributed by atoms with E-state index in [2.05, 4.69) is 6.58 Å². The molecule has 1 aliphatic carbocycles. The maximum Gasteiger partial charge on any atom is 0.309 e. The number of ether oxygens (including phenoxy) is 1. The van der Waals surface area contributed by atoms with Gasteiger partial charge in [0.15, 0.2) is 0 Å². The van der Waals surface area contributed by atoms with Crippen molar-refractivity contribution in [1.82, 2.24) is 0 Å². The lowest BCUT2D eigenvalue weighted by Gasteiger charge is -2.24. The lowest BCUT2D eigenvalue weighted by atomic mass is 9.82. The van der Waals surface area contributed by atoms with Gasteiger partial charge in [-0.1, -0.05) is 12.7 Å². The molecule has 0 unspecified atom stereocenters. The van der Waals surface area contributed by atoms with Gasteiger partial charge in [0, 0.05) is 0 Å². The predicted molar refractivity (Wildman–Crippen MR) is 54.2 cm³/mol. The summed E-state index contributed by atoms with van der Waals surface area (Å²) in [7, 11) is 0. The van der Waals surface area contributed by atoms with Gasteiger partial charge in [-0.3, -0.25) is 9.59 Å².